The fourth-order valence-electron chi connectivity index (χ4n) is 2.26. The summed E-state index contributed by atoms with van der Waals surface area (Å²) in [6.07, 6.45) is 4.62. The highest BCUT2D eigenvalue weighted by Crippen LogP contribution is 2.26. The number of amides is 1. The molecule has 2 nitrogen and oxygen atoms in total. The summed E-state index contributed by atoms with van der Waals surface area (Å²) in [5.41, 5.74) is 0.776. The number of carbonyl (C=O) groups excluding carboxylic acids is 1. The van der Waals surface area contributed by atoms with Crippen molar-refractivity contribution in [1.82, 2.24) is 5.32 Å². The van der Waals surface area contributed by atoms with Gasteiger partial charge in [-0.15, -0.1) is 22.9 Å². The quantitative estimate of drug-likeness (QED) is 0.623. The Labute approximate surface area is 124 Å². The summed E-state index contributed by atoms with van der Waals surface area (Å²) in [4.78, 5) is 12.0. The number of halogens is 2. The van der Waals surface area contributed by atoms with Gasteiger partial charge in [-0.1, -0.05) is 12.8 Å². The molecule has 0 saturated heterocycles. The first kappa shape index (κ1) is 13.6. The van der Waals surface area contributed by atoms with E-state index in [1.54, 1.807) is 11.3 Å². The molecule has 0 radical (unpaired) electrons. The van der Waals surface area contributed by atoms with Gasteiger partial charge < -0.3 is 5.32 Å². The van der Waals surface area contributed by atoms with E-state index >= 15 is 0 Å². The van der Waals surface area contributed by atoms with Gasteiger partial charge in [0.15, 0.2) is 0 Å². The molecule has 2 rings (SSSR count). The number of rotatable bonds is 3. The van der Waals surface area contributed by atoms with Gasteiger partial charge >= 0.3 is 0 Å². The molecule has 1 saturated carbocycles. The van der Waals surface area contributed by atoms with Crippen molar-refractivity contribution >= 4 is 51.4 Å². The molecule has 5 heteroatoms. The summed E-state index contributed by atoms with van der Waals surface area (Å²) in [7, 11) is 0. The first-order chi connectivity index (χ1) is 8.20. The Hall–Kier alpha value is 0.190. The van der Waals surface area contributed by atoms with Gasteiger partial charge in [-0.2, -0.15) is 0 Å². The van der Waals surface area contributed by atoms with Crippen LogP contribution in [0.2, 0.25) is 0 Å². The first-order valence-corrected chi connectivity index (χ1v) is 8.31. The normalized spacial score (nSPS) is 24.6. The van der Waals surface area contributed by atoms with E-state index in [0.717, 1.165) is 21.3 Å². The number of hydrogen-bond acceptors (Lipinski definition) is 2. The highest BCUT2D eigenvalue weighted by atomic mass is 127. The summed E-state index contributed by atoms with van der Waals surface area (Å²) in [6.45, 7) is 0. The maximum absolute atomic E-state index is 12.0. The lowest BCUT2D eigenvalue weighted by atomic mass is 9.85. The van der Waals surface area contributed by atoms with Crippen LogP contribution in [0.25, 0.3) is 0 Å². The van der Waals surface area contributed by atoms with Crippen LogP contribution in [-0.2, 0) is 0 Å². The maximum atomic E-state index is 12.0. The molecule has 1 N–H and O–H groups in total. The second-order valence-corrected chi connectivity index (χ2v) is 7.53. The fraction of sp³-hybridized carbons (Fsp3) is 0.583. The SMILES string of the molecule is O=C(NC1CCCCC1CCl)c1csc(I)c1. The molecule has 1 aliphatic rings. The fourth-order valence-corrected chi connectivity index (χ4v) is 3.96. The van der Waals surface area contributed by atoms with E-state index in [9.17, 15) is 4.79 Å². The zero-order valence-corrected chi connectivity index (χ0v) is 13.1. The number of carbonyl (C=O) groups is 1. The topological polar surface area (TPSA) is 29.1 Å². The van der Waals surface area contributed by atoms with Gasteiger partial charge in [0, 0.05) is 17.3 Å². The smallest absolute Gasteiger partial charge is 0.252 e. The first-order valence-electron chi connectivity index (χ1n) is 5.81. The van der Waals surface area contributed by atoms with Crippen LogP contribution in [0.5, 0.6) is 0 Å². The third-order valence-corrected chi connectivity index (χ3v) is 5.44. The Balaban J connectivity index is 1.97. The van der Waals surface area contributed by atoms with Crippen LogP contribution in [0.1, 0.15) is 36.0 Å². The lowest BCUT2D eigenvalue weighted by Gasteiger charge is -2.30. The molecule has 1 heterocycles. The second kappa shape index (κ2) is 6.38. The molecule has 0 aromatic carbocycles. The average Bonchev–Trinajstić information content (AvgIpc) is 2.77. The van der Waals surface area contributed by atoms with Crippen molar-refractivity contribution < 1.29 is 4.79 Å². The van der Waals surface area contributed by atoms with Gasteiger partial charge in [0.25, 0.3) is 5.91 Å². The largest absolute Gasteiger partial charge is 0.349 e. The van der Waals surface area contributed by atoms with Crippen LogP contribution < -0.4 is 5.32 Å². The molecule has 1 aromatic rings. The number of alkyl halides is 1. The minimum atomic E-state index is 0.0474. The van der Waals surface area contributed by atoms with E-state index in [2.05, 4.69) is 27.9 Å². The Morgan fingerprint density at radius 2 is 2.29 bits per heavy atom. The minimum absolute atomic E-state index is 0.0474. The number of hydrogen-bond donors (Lipinski definition) is 1. The molecule has 2 unspecified atom stereocenters. The Morgan fingerprint density at radius 1 is 1.53 bits per heavy atom. The standard InChI is InChI=1S/C12H15ClINOS/c13-6-8-3-1-2-4-10(8)15-12(16)9-5-11(14)17-7-9/h5,7-8,10H,1-4,6H2,(H,15,16). The molecule has 1 aromatic heterocycles. The van der Waals surface area contributed by atoms with Crippen LogP contribution in [0.3, 0.4) is 0 Å². The number of nitrogens with one attached hydrogen (secondary N) is 1. The summed E-state index contributed by atoms with van der Waals surface area (Å²) < 4.78 is 1.14. The predicted molar refractivity (Wildman–Crippen MR) is 81.0 cm³/mol. The molecule has 17 heavy (non-hydrogen) atoms. The van der Waals surface area contributed by atoms with Crippen molar-refractivity contribution in [3.05, 3.63) is 19.9 Å². The summed E-state index contributed by atoms with van der Waals surface area (Å²) in [5.74, 6) is 1.13. The van der Waals surface area contributed by atoms with Gasteiger partial charge in [0.2, 0.25) is 0 Å². The molecular formula is C12H15ClINOS. The van der Waals surface area contributed by atoms with Crippen LogP contribution in [-0.4, -0.2) is 17.8 Å². The lowest BCUT2D eigenvalue weighted by molar-refractivity contribution is 0.0911. The maximum Gasteiger partial charge on any atom is 0.252 e. The molecular weight excluding hydrogens is 369 g/mol. The van der Waals surface area contributed by atoms with Crippen molar-refractivity contribution in [3.8, 4) is 0 Å². The van der Waals surface area contributed by atoms with Crippen molar-refractivity contribution in [2.75, 3.05) is 5.88 Å². The van der Waals surface area contributed by atoms with Crippen LogP contribution in [0.15, 0.2) is 11.4 Å². The zero-order valence-electron chi connectivity index (χ0n) is 9.42. The van der Waals surface area contributed by atoms with E-state index in [1.165, 1.54) is 12.8 Å². The third kappa shape index (κ3) is 3.58. The molecule has 94 valence electrons. The van der Waals surface area contributed by atoms with Crippen LogP contribution in [0, 0.1) is 8.80 Å². The van der Waals surface area contributed by atoms with Crippen LogP contribution in [0.4, 0.5) is 0 Å². The van der Waals surface area contributed by atoms with Gasteiger partial charge in [-0.05, 0) is 47.4 Å². The number of thiophene rings is 1. The van der Waals surface area contributed by atoms with Gasteiger partial charge in [-0.25, -0.2) is 0 Å². The molecule has 0 spiro atoms. The summed E-state index contributed by atoms with van der Waals surface area (Å²) >= 11 is 9.79. The van der Waals surface area contributed by atoms with Crippen molar-refractivity contribution in [3.63, 3.8) is 0 Å². The van der Waals surface area contributed by atoms with Gasteiger partial charge in [0.05, 0.1) is 8.45 Å². The monoisotopic (exact) mass is 383 g/mol. The second-order valence-electron chi connectivity index (χ2n) is 4.42. The van der Waals surface area contributed by atoms with Gasteiger partial charge in [-0.3, -0.25) is 4.79 Å². The van der Waals surface area contributed by atoms with Crippen molar-refractivity contribution in [2.24, 2.45) is 5.92 Å². The molecule has 0 bridgehead atoms. The van der Waals surface area contributed by atoms with Crippen LogP contribution >= 0.6 is 45.5 Å². The average molecular weight is 384 g/mol. The van der Waals surface area contributed by atoms with E-state index < -0.39 is 0 Å². The Bertz CT molecular complexity index is 396. The minimum Gasteiger partial charge on any atom is -0.349 e. The molecule has 0 aliphatic heterocycles. The summed E-state index contributed by atoms with van der Waals surface area (Å²) in [5, 5.41) is 5.04. The Morgan fingerprint density at radius 3 is 2.94 bits per heavy atom. The van der Waals surface area contributed by atoms with E-state index in [0.29, 0.717) is 11.8 Å². The third-order valence-electron chi connectivity index (χ3n) is 3.25. The molecule has 1 amide bonds. The zero-order chi connectivity index (χ0) is 12.3. The molecule has 1 aliphatic carbocycles. The van der Waals surface area contributed by atoms with E-state index in [-0.39, 0.29) is 11.9 Å². The van der Waals surface area contributed by atoms with Crippen molar-refractivity contribution in [1.29, 1.82) is 0 Å². The Kier molecular flexibility index (Phi) is 5.11. The van der Waals surface area contributed by atoms with E-state index in [4.69, 9.17) is 11.6 Å². The molecule has 2 atom stereocenters. The predicted octanol–water partition coefficient (Wildman–Crippen LogP) is 3.88. The highest BCUT2D eigenvalue weighted by molar-refractivity contribution is 14.1. The summed E-state index contributed by atoms with van der Waals surface area (Å²) in [6, 6.07) is 2.19. The van der Waals surface area contributed by atoms with E-state index in [1.807, 2.05) is 11.4 Å². The highest BCUT2D eigenvalue weighted by Gasteiger charge is 2.26. The molecule has 1 fully saturated rings. The van der Waals surface area contributed by atoms with Gasteiger partial charge in [0.1, 0.15) is 0 Å². The van der Waals surface area contributed by atoms with Crippen molar-refractivity contribution in [2.45, 2.75) is 31.7 Å². The lowest BCUT2D eigenvalue weighted by Crippen LogP contribution is -2.42.